The first-order valence-electron chi connectivity index (χ1n) is 26.9. The summed E-state index contributed by atoms with van der Waals surface area (Å²) < 4.78 is 18.2. The van der Waals surface area contributed by atoms with Gasteiger partial charge in [-0.3, -0.25) is 19.2 Å². The Kier molecular flexibility index (Phi) is 22.5. The van der Waals surface area contributed by atoms with E-state index in [4.69, 9.17) is 31.5 Å². The number of halogens is 1. The van der Waals surface area contributed by atoms with Crippen molar-refractivity contribution in [1.82, 2.24) is 25.8 Å². The summed E-state index contributed by atoms with van der Waals surface area (Å²) in [6, 6.07) is 21.7. The van der Waals surface area contributed by atoms with Gasteiger partial charge in [-0.15, -0.1) is 11.3 Å². The lowest BCUT2D eigenvalue weighted by Crippen LogP contribution is -2.74. The number of aryl methyl sites for hydroxylation is 1. The van der Waals surface area contributed by atoms with Crippen LogP contribution in [-0.2, 0) is 23.9 Å². The normalized spacial score (nSPS) is 19.6. The monoisotopic (exact) mass is 1100 g/mol. The predicted octanol–water partition coefficient (Wildman–Crippen LogP) is 9.19. The van der Waals surface area contributed by atoms with E-state index in [2.05, 4.69) is 91.2 Å². The van der Waals surface area contributed by atoms with E-state index in [9.17, 15) is 24.4 Å². The molecule has 2 aliphatic rings. The number of thiazole rings is 1. The first-order valence-corrected chi connectivity index (χ1v) is 28.1. The maximum absolute atomic E-state index is 14.6. The summed E-state index contributed by atoms with van der Waals surface area (Å²) in [6.45, 7) is 22.3. The van der Waals surface area contributed by atoms with Gasteiger partial charge in [-0.05, 0) is 105 Å². The number of rotatable bonds is 26. The van der Waals surface area contributed by atoms with Crippen molar-refractivity contribution in [1.29, 1.82) is 5.26 Å². The minimum absolute atomic E-state index is 0. The van der Waals surface area contributed by atoms with E-state index in [0.29, 0.717) is 54.4 Å². The van der Waals surface area contributed by atoms with Crippen LogP contribution in [-0.4, -0.2) is 109 Å². The van der Waals surface area contributed by atoms with Gasteiger partial charge in [0.15, 0.2) is 0 Å². The molecule has 0 radical (unpaired) electrons. The van der Waals surface area contributed by atoms with Crippen LogP contribution >= 0.6 is 22.9 Å². The molecule has 18 heteroatoms. The summed E-state index contributed by atoms with van der Waals surface area (Å²) in [4.78, 5) is 62.0. The molecule has 0 spiro atoms. The molecule has 0 unspecified atom stereocenters. The van der Waals surface area contributed by atoms with E-state index in [1.165, 1.54) is 0 Å². The number of nitrogens with one attached hydrogen (secondary N) is 4. The highest BCUT2D eigenvalue weighted by Crippen LogP contribution is 2.55. The molecule has 1 aliphatic heterocycles. The minimum Gasteiger partial charge on any atom is -0.489 e. The Hall–Kier alpha value is -5.61. The number of anilines is 1. The largest absolute Gasteiger partial charge is 0.489 e. The second kappa shape index (κ2) is 27.8. The fraction of sp³-hybridized carbons (Fsp3) is 0.559. The van der Waals surface area contributed by atoms with Gasteiger partial charge in [0.2, 0.25) is 11.8 Å². The number of hydrogen-bond donors (Lipinski definition) is 5. The topological polar surface area (TPSA) is 242 Å². The zero-order valence-electron chi connectivity index (χ0n) is 46.7. The fourth-order valence-corrected chi connectivity index (χ4v) is 11.8. The maximum atomic E-state index is 14.6. The van der Waals surface area contributed by atoms with E-state index in [0.717, 1.165) is 66.0 Å². The highest BCUT2D eigenvalue weighted by atomic mass is 35.5. The van der Waals surface area contributed by atoms with Gasteiger partial charge >= 0.3 is 5.97 Å². The standard InChI is InChI=1S/C59H81ClN8O7S.H2O/c1-37(16-12-13-27-61)54(72)74-47-30-45(33-64-38(2)40-17-19-41(20-18-40)50-39(3)65-36-76-50)68(34-47)53(71)51(57(4,5)6)66-49(69)35-73-29-15-11-14-28-63-44-24-21-42(22-25-44)52(70)67-55-58(7,8)56(59(55,9)10)75-46-26-23-43(32-62)48(60)31-46;/h17-26,31,36-38,45,47,51,55-56,63-64H,11-16,27-30,33-35,61H2,1-10H3,(H,66,69)(H,67,70);1H2/t37-,38-,45-,47+,51+,55?,56?;/m0./s1. The van der Waals surface area contributed by atoms with E-state index in [-0.39, 0.29) is 83.3 Å². The molecular formula is C59H83ClN8O8S. The Morgan fingerprint density at radius 1 is 0.961 bits per heavy atom. The van der Waals surface area contributed by atoms with Crippen molar-refractivity contribution in [3.8, 4) is 22.3 Å². The molecule has 1 saturated carbocycles. The number of esters is 1. The van der Waals surface area contributed by atoms with Gasteiger partial charge in [0.05, 0.1) is 39.1 Å². The van der Waals surface area contributed by atoms with Crippen LogP contribution in [0, 0.1) is 40.4 Å². The SMILES string of the molecule is Cc1ncsc1-c1ccc([C@H](C)NC[C@@H]2C[C@@H](OC(=O)[C@@H](C)CCCCN)CN2C(=O)[C@@H](NC(=O)COCCCCCNc2ccc(C(=O)NC3C(C)(C)C(Oc4ccc(C#N)c(Cl)c4)C3(C)C)cc2)C(C)(C)C)cc1.O. The van der Waals surface area contributed by atoms with Crippen molar-refractivity contribution < 1.29 is 38.9 Å². The molecule has 1 saturated heterocycles. The molecule has 0 bridgehead atoms. The van der Waals surface area contributed by atoms with Crippen molar-refractivity contribution in [3.05, 3.63) is 99.6 Å². The van der Waals surface area contributed by atoms with E-state index >= 15 is 0 Å². The van der Waals surface area contributed by atoms with Crippen molar-refractivity contribution >= 4 is 52.3 Å². The van der Waals surface area contributed by atoms with Crippen LogP contribution in [0.25, 0.3) is 10.4 Å². The van der Waals surface area contributed by atoms with Crippen LogP contribution in [0.1, 0.15) is 140 Å². The second-order valence-corrected chi connectivity index (χ2v) is 24.2. The van der Waals surface area contributed by atoms with Gasteiger partial charge in [-0.25, -0.2) is 4.98 Å². The first-order chi connectivity index (χ1) is 36.0. The number of nitrogens with two attached hydrogens (primary N) is 1. The average molecular weight is 1100 g/mol. The predicted molar refractivity (Wildman–Crippen MR) is 305 cm³/mol. The number of carbonyl (C=O) groups is 4. The Bertz CT molecular complexity index is 2620. The molecule has 3 amide bonds. The number of ether oxygens (including phenoxy) is 3. The molecule has 8 N–H and O–H groups in total. The molecule has 2 heterocycles. The summed E-state index contributed by atoms with van der Waals surface area (Å²) in [5, 5.41) is 22.9. The van der Waals surface area contributed by atoms with Crippen molar-refractivity contribution in [2.45, 2.75) is 151 Å². The molecule has 420 valence electrons. The summed E-state index contributed by atoms with van der Waals surface area (Å²) >= 11 is 7.88. The number of aromatic nitrogens is 1. The number of hydrogen-bond acceptors (Lipinski definition) is 13. The van der Waals surface area contributed by atoms with E-state index < -0.39 is 17.6 Å². The Morgan fingerprint density at radius 2 is 1.66 bits per heavy atom. The molecule has 4 aromatic rings. The first kappa shape index (κ1) is 62.2. The minimum atomic E-state index is -0.844. The van der Waals surface area contributed by atoms with E-state index in [1.54, 1.807) is 34.4 Å². The molecule has 5 atom stereocenters. The lowest BCUT2D eigenvalue weighted by atomic mass is 9.49. The van der Waals surface area contributed by atoms with Crippen molar-refractivity contribution in [2.24, 2.45) is 27.9 Å². The molecule has 6 rings (SSSR count). The lowest BCUT2D eigenvalue weighted by Gasteiger charge is -2.63. The number of likely N-dealkylation sites (tertiary alicyclic amines) is 1. The van der Waals surface area contributed by atoms with Crippen LogP contribution in [0.4, 0.5) is 5.69 Å². The van der Waals surface area contributed by atoms with Gasteiger partial charge in [0, 0.05) is 72.4 Å². The number of nitriles is 1. The molecule has 1 aromatic heterocycles. The molecule has 77 heavy (non-hydrogen) atoms. The van der Waals surface area contributed by atoms with Crippen LogP contribution in [0.15, 0.2) is 72.2 Å². The third kappa shape index (κ3) is 16.2. The van der Waals surface area contributed by atoms with E-state index in [1.807, 2.05) is 64.4 Å². The van der Waals surface area contributed by atoms with Gasteiger partial charge in [-0.2, -0.15) is 5.26 Å². The summed E-state index contributed by atoms with van der Waals surface area (Å²) in [7, 11) is 0. The highest BCUT2D eigenvalue weighted by molar-refractivity contribution is 7.13. The average Bonchev–Trinajstić information content (AvgIpc) is 4.01. The molecule has 2 fully saturated rings. The quantitative estimate of drug-likeness (QED) is 0.0292. The number of amides is 3. The lowest BCUT2D eigenvalue weighted by molar-refractivity contribution is -0.164. The zero-order valence-corrected chi connectivity index (χ0v) is 48.3. The summed E-state index contributed by atoms with van der Waals surface area (Å²) in [5.74, 6) is -0.724. The van der Waals surface area contributed by atoms with Gasteiger partial charge in [0.25, 0.3) is 5.91 Å². The van der Waals surface area contributed by atoms with Gasteiger partial charge in [-0.1, -0.05) is 97.7 Å². The Labute approximate surface area is 465 Å². The number of carbonyl (C=O) groups excluding carboxylic acids is 4. The van der Waals surface area contributed by atoms with Gasteiger partial charge in [0.1, 0.15) is 36.7 Å². The number of nitrogens with zero attached hydrogens (tertiary/aromatic N) is 3. The zero-order chi connectivity index (χ0) is 55.4. The third-order valence-corrected chi connectivity index (χ3v) is 16.3. The number of unbranched alkanes of at least 4 members (excludes halogenated alkanes) is 3. The van der Waals surface area contributed by atoms with Crippen LogP contribution < -0.4 is 31.7 Å². The fourth-order valence-electron chi connectivity index (χ4n) is 10.8. The Balaban J connectivity index is 0.0000109. The van der Waals surface area contributed by atoms with Gasteiger partial charge < -0.3 is 51.6 Å². The highest BCUT2D eigenvalue weighted by Gasteiger charge is 2.64. The second-order valence-electron chi connectivity index (χ2n) is 22.9. The molecule has 16 nitrogen and oxygen atoms in total. The molecule has 1 aliphatic carbocycles. The van der Waals surface area contributed by atoms with Crippen LogP contribution in [0.2, 0.25) is 5.02 Å². The number of benzene rings is 3. The summed E-state index contributed by atoms with van der Waals surface area (Å²) in [5.41, 5.74) is 11.2. The van der Waals surface area contributed by atoms with Crippen molar-refractivity contribution in [3.63, 3.8) is 0 Å². The Morgan fingerprint density at radius 3 is 2.29 bits per heavy atom. The smallest absolute Gasteiger partial charge is 0.308 e. The van der Waals surface area contributed by atoms with Crippen LogP contribution in [0.3, 0.4) is 0 Å². The maximum Gasteiger partial charge on any atom is 0.308 e. The van der Waals surface area contributed by atoms with Crippen molar-refractivity contribution in [2.75, 3.05) is 44.7 Å². The van der Waals surface area contributed by atoms with Crippen LogP contribution in [0.5, 0.6) is 5.75 Å². The third-order valence-electron chi connectivity index (χ3n) is 15.0. The summed E-state index contributed by atoms with van der Waals surface area (Å²) in [6.07, 6.45) is 4.65. The molecule has 3 aromatic carbocycles. The molecular weight excluding hydrogens is 1020 g/mol.